The highest BCUT2D eigenvalue weighted by Gasteiger charge is 2.15. The highest BCUT2D eigenvalue weighted by atomic mass is 16.5. The van der Waals surface area contributed by atoms with Crippen molar-refractivity contribution in [2.45, 2.75) is 12.6 Å². The monoisotopic (exact) mass is 180 g/mol. The van der Waals surface area contributed by atoms with Gasteiger partial charge in [0.15, 0.2) is 12.6 Å². The molecule has 2 amide bonds. The Bertz CT molecular complexity index is 139. The van der Waals surface area contributed by atoms with Gasteiger partial charge in [0.2, 0.25) is 0 Å². The zero-order valence-electron chi connectivity index (χ0n) is 6.29. The molecule has 0 aliphatic rings. The summed E-state index contributed by atoms with van der Waals surface area (Å²) < 4.78 is 0. The van der Waals surface area contributed by atoms with Crippen molar-refractivity contribution in [1.29, 1.82) is 0 Å². The van der Waals surface area contributed by atoms with E-state index >= 15 is 0 Å². The molecule has 0 aliphatic heterocycles. The molecule has 0 heterocycles. The molecule has 0 aromatic rings. The van der Waals surface area contributed by atoms with E-state index in [-0.39, 0.29) is 0 Å². The number of carbonyl (C=O) groups is 1. The van der Waals surface area contributed by atoms with Crippen LogP contribution < -0.4 is 5.73 Å². The number of rotatable bonds is 4. The van der Waals surface area contributed by atoms with Gasteiger partial charge in [-0.2, -0.15) is 0 Å². The summed E-state index contributed by atoms with van der Waals surface area (Å²) in [6.45, 7) is -0.903. The summed E-state index contributed by atoms with van der Waals surface area (Å²) in [6, 6.07) is -0.948. The minimum Gasteiger partial charge on any atom is -0.367 e. The summed E-state index contributed by atoms with van der Waals surface area (Å²) >= 11 is 0. The predicted octanol–water partition coefficient (Wildman–Crippen LogP) is -3.01. The third-order valence-corrected chi connectivity index (χ3v) is 1.08. The molecule has 0 aromatic heterocycles. The highest BCUT2D eigenvalue weighted by molar-refractivity contribution is 5.71. The van der Waals surface area contributed by atoms with Crippen LogP contribution >= 0.6 is 0 Å². The second kappa shape index (κ2) is 4.88. The number of aliphatic hydroxyl groups excluding tert-OH is 2. The highest BCUT2D eigenvalue weighted by Crippen LogP contribution is 1.92. The number of hydrogen-bond donors (Lipinski definition) is 5. The SMILES string of the molecule is NC(=O)N(CC(O)O)CC(O)O. The molecule has 0 bridgehead atoms. The van der Waals surface area contributed by atoms with Gasteiger partial charge in [-0.15, -0.1) is 0 Å². The third-order valence-electron chi connectivity index (χ3n) is 1.08. The summed E-state index contributed by atoms with van der Waals surface area (Å²) in [5, 5.41) is 33.7. The minimum atomic E-state index is -1.74. The van der Waals surface area contributed by atoms with Crippen molar-refractivity contribution in [3.63, 3.8) is 0 Å². The van der Waals surface area contributed by atoms with Crippen LogP contribution in [0.3, 0.4) is 0 Å². The lowest BCUT2D eigenvalue weighted by molar-refractivity contribution is -0.0836. The Hall–Kier alpha value is -0.890. The van der Waals surface area contributed by atoms with Crippen molar-refractivity contribution in [3.8, 4) is 0 Å². The van der Waals surface area contributed by atoms with E-state index in [1.807, 2.05) is 0 Å². The van der Waals surface area contributed by atoms with Gasteiger partial charge >= 0.3 is 6.03 Å². The normalized spacial score (nSPS) is 10.8. The summed E-state index contributed by atoms with van der Waals surface area (Å²) in [5.41, 5.74) is 4.78. The minimum absolute atomic E-state index is 0.451. The van der Waals surface area contributed by atoms with E-state index in [9.17, 15) is 4.79 Å². The summed E-state index contributed by atoms with van der Waals surface area (Å²) in [7, 11) is 0. The molecule has 0 atom stereocenters. The van der Waals surface area contributed by atoms with Crippen molar-refractivity contribution in [2.24, 2.45) is 5.73 Å². The molecule has 0 fully saturated rings. The average Bonchev–Trinajstić information content (AvgIpc) is 1.83. The Morgan fingerprint density at radius 1 is 1.17 bits per heavy atom. The summed E-state index contributed by atoms with van der Waals surface area (Å²) in [6.07, 6.45) is -3.48. The van der Waals surface area contributed by atoms with Gasteiger partial charge in [-0.3, -0.25) is 0 Å². The first-order valence-corrected chi connectivity index (χ1v) is 3.20. The van der Waals surface area contributed by atoms with E-state index in [1.54, 1.807) is 0 Å². The Balaban J connectivity index is 3.96. The van der Waals surface area contributed by atoms with Gasteiger partial charge in [-0.1, -0.05) is 0 Å². The second-order valence-electron chi connectivity index (χ2n) is 2.20. The number of hydrogen-bond acceptors (Lipinski definition) is 5. The first-order valence-electron chi connectivity index (χ1n) is 3.20. The Labute approximate surface area is 68.6 Å². The molecule has 0 saturated heterocycles. The van der Waals surface area contributed by atoms with E-state index < -0.39 is 31.7 Å². The Morgan fingerprint density at radius 3 is 1.67 bits per heavy atom. The third kappa shape index (κ3) is 4.85. The van der Waals surface area contributed by atoms with Crippen molar-refractivity contribution in [3.05, 3.63) is 0 Å². The maximum Gasteiger partial charge on any atom is 0.315 e. The quantitative estimate of drug-likeness (QED) is 0.294. The molecular weight excluding hydrogens is 168 g/mol. The van der Waals surface area contributed by atoms with Crippen molar-refractivity contribution in [1.82, 2.24) is 4.90 Å². The maximum absolute atomic E-state index is 10.5. The van der Waals surface area contributed by atoms with Crippen molar-refractivity contribution in [2.75, 3.05) is 13.1 Å². The first-order chi connectivity index (χ1) is 5.43. The summed E-state index contributed by atoms with van der Waals surface area (Å²) in [5.74, 6) is 0. The standard InChI is InChI=1S/C5H12N2O5/c6-5(12)7(1-3(8)9)2-4(10)11/h3-4,8-11H,1-2H2,(H2,6,12). The fraction of sp³-hybridized carbons (Fsp3) is 0.800. The van der Waals surface area contributed by atoms with Crippen LogP contribution in [0.1, 0.15) is 0 Å². The van der Waals surface area contributed by atoms with E-state index in [0.717, 1.165) is 0 Å². The lowest BCUT2D eigenvalue weighted by Gasteiger charge is -2.21. The van der Waals surface area contributed by atoms with Gasteiger partial charge in [0.25, 0.3) is 0 Å². The van der Waals surface area contributed by atoms with Crippen LogP contribution in [0.2, 0.25) is 0 Å². The molecular formula is C5H12N2O5. The fourth-order valence-electron chi connectivity index (χ4n) is 0.649. The number of primary amides is 1. The number of nitrogens with two attached hydrogens (primary N) is 1. The van der Waals surface area contributed by atoms with E-state index in [2.05, 4.69) is 0 Å². The molecule has 7 heteroatoms. The Kier molecular flexibility index (Phi) is 4.52. The maximum atomic E-state index is 10.5. The molecule has 0 unspecified atom stereocenters. The summed E-state index contributed by atoms with van der Waals surface area (Å²) in [4.78, 5) is 11.2. The molecule has 0 radical (unpaired) electrons. The van der Waals surface area contributed by atoms with Gasteiger partial charge in [-0.05, 0) is 0 Å². The molecule has 0 spiro atoms. The smallest absolute Gasteiger partial charge is 0.315 e. The number of carbonyl (C=O) groups excluding carboxylic acids is 1. The molecule has 0 aromatic carbocycles. The van der Waals surface area contributed by atoms with E-state index in [0.29, 0.717) is 4.90 Å². The first kappa shape index (κ1) is 11.1. The van der Waals surface area contributed by atoms with Crippen LogP contribution in [-0.2, 0) is 0 Å². The second-order valence-corrected chi connectivity index (χ2v) is 2.20. The average molecular weight is 180 g/mol. The largest absolute Gasteiger partial charge is 0.367 e. The number of urea groups is 1. The van der Waals surface area contributed by atoms with E-state index in [4.69, 9.17) is 26.2 Å². The van der Waals surface area contributed by atoms with Crippen LogP contribution in [0.15, 0.2) is 0 Å². The fourth-order valence-corrected chi connectivity index (χ4v) is 0.649. The van der Waals surface area contributed by atoms with Crippen LogP contribution in [0.25, 0.3) is 0 Å². The molecule has 7 nitrogen and oxygen atoms in total. The molecule has 72 valence electrons. The number of aliphatic hydroxyl groups is 4. The van der Waals surface area contributed by atoms with E-state index in [1.165, 1.54) is 0 Å². The lowest BCUT2D eigenvalue weighted by Crippen LogP contribution is -2.44. The lowest BCUT2D eigenvalue weighted by atomic mass is 10.4. The zero-order chi connectivity index (χ0) is 9.72. The van der Waals surface area contributed by atoms with Gasteiger partial charge in [0.1, 0.15) is 0 Å². The number of nitrogens with zero attached hydrogens (tertiary/aromatic N) is 1. The van der Waals surface area contributed by atoms with Crippen LogP contribution in [0, 0.1) is 0 Å². The van der Waals surface area contributed by atoms with Crippen molar-refractivity contribution < 1.29 is 25.2 Å². The van der Waals surface area contributed by atoms with Crippen LogP contribution in [0.4, 0.5) is 4.79 Å². The van der Waals surface area contributed by atoms with Gasteiger partial charge in [0, 0.05) is 0 Å². The zero-order valence-corrected chi connectivity index (χ0v) is 6.29. The predicted molar refractivity (Wildman–Crippen MR) is 37.6 cm³/mol. The molecule has 12 heavy (non-hydrogen) atoms. The van der Waals surface area contributed by atoms with Crippen LogP contribution in [0.5, 0.6) is 0 Å². The molecule has 0 saturated carbocycles. The van der Waals surface area contributed by atoms with Crippen molar-refractivity contribution >= 4 is 6.03 Å². The topological polar surface area (TPSA) is 127 Å². The number of amides is 2. The van der Waals surface area contributed by atoms with Gasteiger partial charge in [-0.25, -0.2) is 4.79 Å². The van der Waals surface area contributed by atoms with Crippen LogP contribution in [-0.4, -0.2) is 57.0 Å². The molecule has 0 rings (SSSR count). The molecule has 6 N–H and O–H groups in total. The Morgan fingerprint density at radius 2 is 1.50 bits per heavy atom. The molecule has 0 aliphatic carbocycles. The van der Waals surface area contributed by atoms with Gasteiger partial charge in [0.05, 0.1) is 13.1 Å². The van der Waals surface area contributed by atoms with Gasteiger partial charge < -0.3 is 31.1 Å².